The maximum atomic E-state index is 11.6. The predicted octanol–water partition coefficient (Wildman–Crippen LogP) is 3.26. The van der Waals surface area contributed by atoms with Gasteiger partial charge in [-0.15, -0.1) is 0 Å². The van der Waals surface area contributed by atoms with Crippen molar-refractivity contribution in [1.29, 1.82) is 0 Å². The average Bonchev–Trinajstić information content (AvgIpc) is 2.42. The molecule has 0 bridgehead atoms. The minimum atomic E-state index is -1.05. The summed E-state index contributed by atoms with van der Waals surface area (Å²) in [6.07, 6.45) is 0.555. The third kappa shape index (κ3) is 5.27. The summed E-state index contributed by atoms with van der Waals surface area (Å²) in [5.74, 6) is -0.755. The van der Waals surface area contributed by atoms with E-state index in [1.165, 1.54) is 0 Å². The van der Waals surface area contributed by atoms with Crippen LogP contribution in [0.3, 0.4) is 0 Å². The fourth-order valence-electron chi connectivity index (χ4n) is 1.32. The molecule has 0 unspecified atom stereocenters. The molecule has 0 saturated heterocycles. The quantitative estimate of drug-likeness (QED) is 0.345. The Balaban J connectivity index is 2.32. The molecule has 6 heteroatoms. The first kappa shape index (κ1) is 16.0. The summed E-state index contributed by atoms with van der Waals surface area (Å²) in [6, 6.07) is 5.03. The standard InChI is InChI=1S/C14H18O6/c1-4-5-8-17-14(16)19-20-18-13(15)12-7-6-10(2)11(3)9-12/h6-7,9H,4-5,8H2,1-3H3. The van der Waals surface area contributed by atoms with E-state index in [9.17, 15) is 9.59 Å². The molecule has 6 nitrogen and oxygen atoms in total. The zero-order chi connectivity index (χ0) is 15.0. The summed E-state index contributed by atoms with van der Waals surface area (Å²) in [6.45, 7) is 5.98. The van der Waals surface area contributed by atoms with Crippen LogP contribution in [0.25, 0.3) is 0 Å². The second-order valence-electron chi connectivity index (χ2n) is 4.27. The minimum absolute atomic E-state index is 0.226. The second kappa shape index (κ2) is 8.16. The van der Waals surface area contributed by atoms with Crippen molar-refractivity contribution < 1.29 is 29.1 Å². The van der Waals surface area contributed by atoms with Crippen LogP contribution < -0.4 is 0 Å². The highest BCUT2D eigenvalue weighted by atomic mass is 17.5. The first-order chi connectivity index (χ1) is 9.54. The lowest BCUT2D eigenvalue weighted by atomic mass is 10.1. The van der Waals surface area contributed by atoms with E-state index in [2.05, 4.69) is 19.6 Å². The lowest BCUT2D eigenvalue weighted by Gasteiger charge is -2.05. The minimum Gasteiger partial charge on any atom is -0.432 e. The molecular weight excluding hydrogens is 264 g/mol. The molecule has 0 N–H and O–H groups in total. The molecule has 0 amide bonds. The third-order valence-electron chi connectivity index (χ3n) is 2.67. The monoisotopic (exact) mass is 282 g/mol. The van der Waals surface area contributed by atoms with Crippen LogP contribution in [0.5, 0.6) is 0 Å². The van der Waals surface area contributed by atoms with E-state index in [0.717, 1.165) is 24.0 Å². The van der Waals surface area contributed by atoms with E-state index >= 15 is 0 Å². The van der Waals surface area contributed by atoms with E-state index < -0.39 is 12.1 Å². The summed E-state index contributed by atoms with van der Waals surface area (Å²) in [4.78, 5) is 31.0. The van der Waals surface area contributed by atoms with Crippen molar-refractivity contribution in [2.45, 2.75) is 33.6 Å². The van der Waals surface area contributed by atoms with Crippen molar-refractivity contribution in [2.24, 2.45) is 0 Å². The smallest absolute Gasteiger partial charge is 0.432 e. The van der Waals surface area contributed by atoms with Gasteiger partial charge in [0, 0.05) is 0 Å². The van der Waals surface area contributed by atoms with Crippen molar-refractivity contribution >= 4 is 12.1 Å². The topological polar surface area (TPSA) is 71.1 Å². The summed E-state index contributed by atoms with van der Waals surface area (Å²) < 4.78 is 4.63. The molecule has 1 aromatic rings. The predicted molar refractivity (Wildman–Crippen MR) is 69.8 cm³/mol. The summed E-state index contributed by atoms with van der Waals surface area (Å²) in [5, 5.41) is 4.09. The van der Waals surface area contributed by atoms with Crippen LogP contribution in [0.1, 0.15) is 41.3 Å². The van der Waals surface area contributed by atoms with Gasteiger partial charge in [0.1, 0.15) is 0 Å². The molecule has 1 rings (SSSR count). The molecule has 0 atom stereocenters. The highest BCUT2D eigenvalue weighted by Gasteiger charge is 2.12. The molecule has 0 aromatic heterocycles. The number of ether oxygens (including phenoxy) is 1. The highest BCUT2D eigenvalue weighted by molar-refractivity contribution is 5.89. The van der Waals surface area contributed by atoms with E-state index in [4.69, 9.17) is 0 Å². The molecule has 0 saturated carbocycles. The van der Waals surface area contributed by atoms with Crippen molar-refractivity contribution in [2.75, 3.05) is 6.61 Å². The Morgan fingerprint density at radius 2 is 1.85 bits per heavy atom. The Kier molecular flexibility index (Phi) is 6.52. The van der Waals surface area contributed by atoms with E-state index in [1.807, 2.05) is 20.8 Å². The molecule has 0 aliphatic heterocycles. The number of unbranched alkanes of at least 4 members (excludes halogenated alkanes) is 1. The Morgan fingerprint density at radius 3 is 2.50 bits per heavy atom. The number of carbonyl (C=O) groups excluding carboxylic acids is 2. The zero-order valence-corrected chi connectivity index (χ0v) is 11.8. The van der Waals surface area contributed by atoms with Crippen LogP contribution in [0.15, 0.2) is 18.2 Å². The van der Waals surface area contributed by atoms with Crippen LogP contribution in [0.4, 0.5) is 4.79 Å². The molecule has 0 spiro atoms. The normalized spacial score (nSPS) is 9.95. The zero-order valence-electron chi connectivity index (χ0n) is 11.8. The summed E-state index contributed by atoms with van der Waals surface area (Å²) >= 11 is 0. The first-order valence-corrected chi connectivity index (χ1v) is 6.34. The van der Waals surface area contributed by atoms with Gasteiger partial charge in [-0.1, -0.05) is 19.4 Å². The molecular formula is C14H18O6. The molecule has 0 aliphatic rings. The van der Waals surface area contributed by atoms with Crippen molar-refractivity contribution in [3.05, 3.63) is 34.9 Å². The fourth-order valence-corrected chi connectivity index (χ4v) is 1.32. The Hall–Kier alpha value is -2.08. The van der Waals surface area contributed by atoms with Crippen LogP contribution in [-0.2, 0) is 19.6 Å². The van der Waals surface area contributed by atoms with Crippen molar-refractivity contribution in [1.82, 2.24) is 0 Å². The van der Waals surface area contributed by atoms with Gasteiger partial charge >= 0.3 is 12.1 Å². The molecule has 20 heavy (non-hydrogen) atoms. The van der Waals surface area contributed by atoms with Crippen molar-refractivity contribution in [3.63, 3.8) is 0 Å². The third-order valence-corrected chi connectivity index (χ3v) is 2.67. The summed E-state index contributed by atoms with van der Waals surface area (Å²) in [5.41, 5.74) is 2.30. The molecule has 1 aromatic carbocycles. The van der Waals surface area contributed by atoms with Gasteiger partial charge in [-0.05, 0) is 43.5 Å². The van der Waals surface area contributed by atoms with E-state index in [1.54, 1.807) is 18.2 Å². The number of hydrogen-bond acceptors (Lipinski definition) is 6. The van der Waals surface area contributed by atoms with Gasteiger partial charge in [-0.3, -0.25) is 4.89 Å². The fraction of sp³-hybridized carbons (Fsp3) is 0.429. The molecule has 0 fully saturated rings. The lowest BCUT2D eigenvalue weighted by Crippen LogP contribution is -2.12. The molecule has 110 valence electrons. The molecule has 0 radical (unpaired) electrons. The Morgan fingerprint density at radius 1 is 1.10 bits per heavy atom. The summed E-state index contributed by atoms with van der Waals surface area (Å²) in [7, 11) is 0. The number of carbonyl (C=O) groups is 2. The van der Waals surface area contributed by atoms with Gasteiger partial charge in [-0.25, -0.2) is 14.5 Å². The average molecular weight is 282 g/mol. The van der Waals surface area contributed by atoms with Gasteiger partial charge in [0.25, 0.3) is 0 Å². The Bertz CT molecular complexity index is 469. The maximum absolute atomic E-state index is 11.6. The number of aryl methyl sites for hydroxylation is 2. The largest absolute Gasteiger partial charge is 0.543 e. The van der Waals surface area contributed by atoms with Gasteiger partial charge in [0.15, 0.2) is 0 Å². The molecule has 0 heterocycles. The number of benzene rings is 1. The van der Waals surface area contributed by atoms with Crippen molar-refractivity contribution in [3.8, 4) is 0 Å². The molecule has 0 aliphatic carbocycles. The van der Waals surface area contributed by atoms with Gasteiger partial charge in [0.05, 0.1) is 17.2 Å². The van der Waals surface area contributed by atoms with Crippen LogP contribution in [0.2, 0.25) is 0 Å². The van der Waals surface area contributed by atoms with Crippen LogP contribution in [0, 0.1) is 13.8 Å². The number of hydrogen-bond donors (Lipinski definition) is 0. The van der Waals surface area contributed by atoms with Gasteiger partial charge < -0.3 is 4.74 Å². The SMILES string of the molecule is CCCCOC(=O)OOOC(=O)c1ccc(C)c(C)c1. The maximum Gasteiger partial charge on any atom is 0.543 e. The van der Waals surface area contributed by atoms with E-state index in [-0.39, 0.29) is 6.61 Å². The number of rotatable bonds is 6. The lowest BCUT2D eigenvalue weighted by molar-refractivity contribution is -0.452. The highest BCUT2D eigenvalue weighted by Crippen LogP contribution is 2.11. The first-order valence-electron chi connectivity index (χ1n) is 6.34. The van der Waals surface area contributed by atoms with Gasteiger partial charge in [-0.2, -0.15) is 0 Å². The second-order valence-corrected chi connectivity index (χ2v) is 4.27. The van der Waals surface area contributed by atoms with Gasteiger partial charge in [0.2, 0.25) is 0 Å². The van der Waals surface area contributed by atoms with Crippen LogP contribution in [-0.4, -0.2) is 18.7 Å². The Labute approximate surface area is 117 Å². The van der Waals surface area contributed by atoms with E-state index in [0.29, 0.717) is 5.56 Å². The van der Waals surface area contributed by atoms with Crippen LogP contribution >= 0.6 is 0 Å².